The highest BCUT2D eigenvalue weighted by Gasteiger charge is 2.12. The number of pyridine rings is 1. The number of para-hydroxylation sites is 1. The molecule has 0 saturated heterocycles. The molecule has 104 valence electrons. The Hall–Kier alpha value is -3.09. The molecule has 0 atom stereocenters. The van der Waals surface area contributed by atoms with Crippen LogP contribution in [-0.4, -0.2) is 38.4 Å². The van der Waals surface area contributed by atoms with Crippen LogP contribution in [0, 0.1) is 0 Å². The number of nitrogens with zero attached hydrogens (tertiary/aromatic N) is 4. The van der Waals surface area contributed by atoms with E-state index in [0.29, 0.717) is 28.3 Å². The van der Waals surface area contributed by atoms with Gasteiger partial charge in [0.15, 0.2) is 5.82 Å². The molecule has 3 rings (SSSR count). The zero-order valence-electron chi connectivity index (χ0n) is 11.0. The van der Waals surface area contributed by atoms with Gasteiger partial charge in [0, 0.05) is 6.20 Å². The van der Waals surface area contributed by atoms with Gasteiger partial charge in [0.25, 0.3) is 0 Å². The van der Waals surface area contributed by atoms with Crippen molar-refractivity contribution in [1.82, 2.24) is 20.2 Å². The summed E-state index contributed by atoms with van der Waals surface area (Å²) in [6.07, 6.45) is 1.23. The molecule has 0 aliphatic rings. The molecule has 0 spiro atoms. The highest BCUT2D eigenvalue weighted by molar-refractivity contribution is 5.90. The standard InChI is InChI=1S/C14H10N4O3/c1-21-11-5-3-2-4-9(11)12-16-10-6-8(14(19)20)7-15-13(10)18-17-12/h2-7H,1H3,(H,19,20). The second kappa shape index (κ2) is 5.12. The molecule has 3 aromatic rings. The second-order valence-corrected chi connectivity index (χ2v) is 4.21. The van der Waals surface area contributed by atoms with Crippen LogP contribution in [0.25, 0.3) is 22.6 Å². The van der Waals surface area contributed by atoms with Crippen LogP contribution in [0.15, 0.2) is 36.5 Å². The molecule has 0 unspecified atom stereocenters. The Bertz CT molecular complexity index is 835. The van der Waals surface area contributed by atoms with Gasteiger partial charge in [-0.2, -0.15) is 0 Å². The van der Waals surface area contributed by atoms with Gasteiger partial charge >= 0.3 is 5.97 Å². The van der Waals surface area contributed by atoms with Gasteiger partial charge in [0.05, 0.1) is 18.2 Å². The minimum atomic E-state index is -1.07. The summed E-state index contributed by atoms with van der Waals surface area (Å²) in [5.74, 6) is -0.104. The van der Waals surface area contributed by atoms with Crippen LogP contribution in [0.5, 0.6) is 5.75 Å². The Labute approximate surface area is 119 Å². The van der Waals surface area contributed by atoms with Gasteiger partial charge in [-0.25, -0.2) is 14.8 Å². The molecule has 2 heterocycles. The van der Waals surface area contributed by atoms with E-state index in [1.54, 1.807) is 19.2 Å². The lowest BCUT2D eigenvalue weighted by Gasteiger charge is -2.06. The molecular formula is C14H10N4O3. The molecule has 7 heteroatoms. The number of fused-ring (bicyclic) bond motifs is 1. The van der Waals surface area contributed by atoms with E-state index in [-0.39, 0.29) is 5.56 Å². The van der Waals surface area contributed by atoms with E-state index in [0.717, 1.165) is 0 Å². The fraction of sp³-hybridized carbons (Fsp3) is 0.0714. The summed E-state index contributed by atoms with van der Waals surface area (Å²) >= 11 is 0. The summed E-state index contributed by atoms with van der Waals surface area (Å²) in [7, 11) is 1.55. The Morgan fingerprint density at radius 1 is 1.24 bits per heavy atom. The van der Waals surface area contributed by atoms with Crippen molar-refractivity contribution in [3.05, 3.63) is 42.1 Å². The number of aromatic carboxylic acids is 1. The lowest BCUT2D eigenvalue weighted by molar-refractivity contribution is 0.0696. The normalized spacial score (nSPS) is 10.5. The van der Waals surface area contributed by atoms with E-state index in [2.05, 4.69) is 20.2 Å². The van der Waals surface area contributed by atoms with Crippen molar-refractivity contribution in [2.45, 2.75) is 0 Å². The van der Waals surface area contributed by atoms with Crippen LogP contribution >= 0.6 is 0 Å². The third-order valence-electron chi connectivity index (χ3n) is 2.91. The number of methoxy groups -OCH3 is 1. The zero-order valence-corrected chi connectivity index (χ0v) is 11.0. The molecule has 0 bridgehead atoms. The van der Waals surface area contributed by atoms with E-state index < -0.39 is 5.97 Å². The minimum Gasteiger partial charge on any atom is -0.496 e. The predicted molar refractivity (Wildman–Crippen MR) is 74.1 cm³/mol. The van der Waals surface area contributed by atoms with Crippen molar-refractivity contribution in [3.63, 3.8) is 0 Å². The van der Waals surface area contributed by atoms with Gasteiger partial charge in [-0.05, 0) is 18.2 Å². The summed E-state index contributed by atoms with van der Waals surface area (Å²) in [6, 6.07) is 8.67. The summed E-state index contributed by atoms with van der Waals surface area (Å²) in [5, 5.41) is 17.0. The van der Waals surface area contributed by atoms with Gasteiger partial charge in [0.2, 0.25) is 5.65 Å². The quantitative estimate of drug-likeness (QED) is 0.781. The first-order valence-corrected chi connectivity index (χ1v) is 6.06. The Balaban J connectivity index is 2.17. The van der Waals surface area contributed by atoms with E-state index >= 15 is 0 Å². The lowest BCUT2D eigenvalue weighted by atomic mass is 10.2. The van der Waals surface area contributed by atoms with Crippen molar-refractivity contribution in [1.29, 1.82) is 0 Å². The fourth-order valence-electron chi connectivity index (χ4n) is 1.90. The van der Waals surface area contributed by atoms with Gasteiger partial charge in [0.1, 0.15) is 11.3 Å². The number of carboxylic acid groups (broad SMARTS) is 1. The van der Waals surface area contributed by atoms with E-state index in [9.17, 15) is 4.79 Å². The molecule has 2 aromatic heterocycles. The first-order chi connectivity index (χ1) is 10.2. The maximum atomic E-state index is 11.0. The van der Waals surface area contributed by atoms with E-state index in [1.165, 1.54) is 12.3 Å². The number of hydrogen-bond acceptors (Lipinski definition) is 6. The van der Waals surface area contributed by atoms with Crippen molar-refractivity contribution in [2.24, 2.45) is 0 Å². The SMILES string of the molecule is COc1ccccc1-c1nnc2ncc(C(=O)O)cc2n1. The number of carboxylic acids is 1. The highest BCUT2D eigenvalue weighted by atomic mass is 16.5. The van der Waals surface area contributed by atoms with Crippen LogP contribution in [0.3, 0.4) is 0 Å². The summed E-state index contributed by atoms with van der Waals surface area (Å²) < 4.78 is 5.26. The molecule has 0 radical (unpaired) electrons. The fourth-order valence-corrected chi connectivity index (χ4v) is 1.90. The number of rotatable bonds is 3. The highest BCUT2D eigenvalue weighted by Crippen LogP contribution is 2.26. The lowest BCUT2D eigenvalue weighted by Crippen LogP contribution is -2.01. The molecule has 0 aliphatic heterocycles. The molecule has 0 saturated carbocycles. The predicted octanol–water partition coefficient (Wildman–Crippen LogP) is 1.79. The van der Waals surface area contributed by atoms with Gasteiger partial charge < -0.3 is 9.84 Å². The Morgan fingerprint density at radius 3 is 2.81 bits per heavy atom. The van der Waals surface area contributed by atoms with Gasteiger partial charge in [-0.3, -0.25) is 0 Å². The monoisotopic (exact) mass is 282 g/mol. The molecule has 21 heavy (non-hydrogen) atoms. The molecule has 1 aromatic carbocycles. The van der Waals surface area contributed by atoms with Gasteiger partial charge in [-0.1, -0.05) is 12.1 Å². The topological polar surface area (TPSA) is 98.1 Å². The zero-order chi connectivity index (χ0) is 14.8. The van der Waals surface area contributed by atoms with Crippen LogP contribution < -0.4 is 4.74 Å². The smallest absolute Gasteiger partial charge is 0.337 e. The average Bonchev–Trinajstić information content (AvgIpc) is 2.53. The van der Waals surface area contributed by atoms with Crippen LogP contribution in [0.2, 0.25) is 0 Å². The molecule has 0 amide bonds. The number of benzene rings is 1. The van der Waals surface area contributed by atoms with E-state index in [4.69, 9.17) is 9.84 Å². The first-order valence-electron chi connectivity index (χ1n) is 6.06. The average molecular weight is 282 g/mol. The Morgan fingerprint density at radius 2 is 2.05 bits per heavy atom. The van der Waals surface area contributed by atoms with Crippen LogP contribution in [0.1, 0.15) is 10.4 Å². The number of ether oxygens (including phenoxy) is 1. The molecule has 0 fully saturated rings. The molecule has 1 N–H and O–H groups in total. The largest absolute Gasteiger partial charge is 0.496 e. The Kier molecular flexibility index (Phi) is 3.15. The van der Waals surface area contributed by atoms with E-state index in [1.807, 2.05) is 12.1 Å². The van der Waals surface area contributed by atoms with Crippen molar-refractivity contribution >= 4 is 17.1 Å². The maximum Gasteiger partial charge on any atom is 0.337 e. The molecule has 7 nitrogen and oxygen atoms in total. The number of aromatic nitrogens is 4. The van der Waals surface area contributed by atoms with Crippen molar-refractivity contribution < 1.29 is 14.6 Å². The summed E-state index contributed by atoms with van der Waals surface area (Å²) in [4.78, 5) is 19.2. The van der Waals surface area contributed by atoms with Crippen molar-refractivity contribution in [2.75, 3.05) is 7.11 Å². The number of carbonyl (C=O) groups is 1. The third kappa shape index (κ3) is 2.36. The third-order valence-corrected chi connectivity index (χ3v) is 2.91. The summed E-state index contributed by atoms with van der Waals surface area (Å²) in [6.45, 7) is 0. The van der Waals surface area contributed by atoms with Gasteiger partial charge in [-0.15, -0.1) is 10.2 Å². The van der Waals surface area contributed by atoms with Crippen LogP contribution in [0.4, 0.5) is 0 Å². The second-order valence-electron chi connectivity index (χ2n) is 4.21. The molecule has 0 aliphatic carbocycles. The van der Waals surface area contributed by atoms with Crippen LogP contribution in [-0.2, 0) is 0 Å². The first kappa shape index (κ1) is 12.9. The molecular weight excluding hydrogens is 272 g/mol. The number of hydrogen-bond donors (Lipinski definition) is 1. The minimum absolute atomic E-state index is 0.0500. The summed E-state index contributed by atoms with van der Waals surface area (Å²) in [5.41, 5.74) is 1.38. The maximum absolute atomic E-state index is 11.0. The van der Waals surface area contributed by atoms with Crippen molar-refractivity contribution in [3.8, 4) is 17.1 Å².